The van der Waals surface area contributed by atoms with Crippen LogP contribution in [0.4, 0.5) is 0 Å². The first-order chi connectivity index (χ1) is 20.3. The van der Waals surface area contributed by atoms with Crippen molar-refractivity contribution in [3.8, 4) is 34.8 Å². The number of hydrogen-bond donors (Lipinski definition) is 0. The van der Waals surface area contributed by atoms with Gasteiger partial charge in [0.1, 0.15) is 0 Å². The fourth-order valence-corrected chi connectivity index (χ4v) is 4.15. The van der Waals surface area contributed by atoms with E-state index in [1.54, 1.807) is 12.1 Å². The quantitative estimate of drug-likeness (QED) is 0.362. The maximum atomic E-state index is 10.4. The van der Waals surface area contributed by atoms with E-state index < -0.39 is 26.5 Å². The van der Waals surface area contributed by atoms with Crippen LogP contribution in [-0.4, -0.2) is 60.4 Å². The molecule has 0 aliphatic carbocycles. The summed E-state index contributed by atoms with van der Waals surface area (Å²) >= 11 is 0. The molecule has 0 amide bonds. The Morgan fingerprint density at radius 1 is 0.914 bits per heavy atom. The van der Waals surface area contributed by atoms with Gasteiger partial charge in [0, 0.05) is 10.7 Å². The Hall–Kier alpha value is -3.11. The van der Waals surface area contributed by atoms with Crippen LogP contribution in [0.3, 0.4) is 0 Å². The van der Waals surface area contributed by atoms with E-state index in [1.165, 1.54) is 44.4 Å². The van der Waals surface area contributed by atoms with E-state index in [0.29, 0.717) is 41.2 Å². The minimum absolute atomic E-state index is 0.0641. The Kier molecular flexibility index (Phi) is 6.49. The van der Waals surface area contributed by atoms with Crippen molar-refractivity contribution in [1.82, 2.24) is 4.90 Å². The third-order valence-corrected chi connectivity index (χ3v) is 6.26. The normalized spacial score (nSPS) is 17.6. The summed E-state index contributed by atoms with van der Waals surface area (Å²) in [5, 5.41) is 10.4. The Morgan fingerprint density at radius 3 is 2.14 bits per heavy atom. The first-order valence-corrected chi connectivity index (χ1v) is 11.3. The predicted octanol–water partition coefficient (Wildman–Crippen LogP) is 5.10. The zero-order valence-electron chi connectivity index (χ0n) is 29.9. The van der Waals surface area contributed by atoms with Gasteiger partial charge in [-0.05, 0) is 74.1 Å². The molecule has 0 radical (unpaired) electrons. The number of hydrogen-bond acceptors (Lipinski definition) is 7. The SMILES string of the molecule is [2H]C([2H])([2H])Oc1ccc(CCN(CCCC(C#N)(c2cc(OC)c(OC)c(OC)c2)C(C)C)C([2H])([2H])[2H])cc1OC([2H])([2H])[2H]. The highest BCUT2D eigenvalue weighted by Gasteiger charge is 2.37. The Balaban J connectivity index is 2.30. The minimum Gasteiger partial charge on any atom is -0.493 e. The smallest absolute Gasteiger partial charge is 0.203 e. The topological polar surface area (TPSA) is 73.2 Å². The van der Waals surface area contributed by atoms with Gasteiger partial charge in [-0.15, -0.1) is 0 Å². The summed E-state index contributed by atoms with van der Waals surface area (Å²) in [6.07, 6.45) is 0.883. The van der Waals surface area contributed by atoms with E-state index in [4.69, 9.17) is 36.0 Å². The van der Waals surface area contributed by atoms with E-state index in [2.05, 4.69) is 6.07 Å². The largest absolute Gasteiger partial charge is 0.493 e. The summed E-state index contributed by atoms with van der Waals surface area (Å²) in [4.78, 5) is 1.31. The molecular formula is C28H40N2O5. The van der Waals surface area contributed by atoms with Crippen LogP contribution in [0.1, 0.15) is 50.2 Å². The second-order valence-electron chi connectivity index (χ2n) is 8.48. The van der Waals surface area contributed by atoms with Gasteiger partial charge in [0.05, 0.1) is 55.1 Å². The average Bonchev–Trinajstić information content (AvgIpc) is 2.90. The van der Waals surface area contributed by atoms with Crippen molar-refractivity contribution < 1.29 is 36.0 Å². The van der Waals surface area contributed by atoms with Gasteiger partial charge < -0.3 is 28.6 Å². The molecule has 2 aromatic rings. The van der Waals surface area contributed by atoms with Crippen LogP contribution in [0.2, 0.25) is 0 Å². The molecule has 0 bridgehead atoms. The monoisotopic (exact) mass is 493 g/mol. The van der Waals surface area contributed by atoms with E-state index in [0.717, 1.165) is 0 Å². The minimum atomic E-state index is -2.86. The van der Waals surface area contributed by atoms with Crippen molar-refractivity contribution >= 4 is 0 Å². The van der Waals surface area contributed by atoms with Crippen LogP contribution >= 0.6 is 0 Å². The zero-order chi connectivity index (χ0) is 33.5. The van der Waals surface area contributed by atoms with Gasteiger partial charge in [-0.25, -0.2) is 0 Å². The second kappa shape index (κ2) is 13.1. The molecule has 0 saturated carbocycles. The van der Waals surface area contributed by atoms with Crippen molar-refractivity contribution in [2.24, 2.45) is 5.92 Å². The molecule has 0 saturated heterocycles. The van der Waals surface area contributed by atoms with Crippen LogP contribution in [0.15, 0.2) is 30.3 Å². The summed E-state index contributed by atoms with van der Waals surface area (Å²) in [6, 6.07) is 10.1. The molecule has 35 heavy (non-hydrogen) atoms. The fourth-order valence-electron chi connectivity index (χ4n) is 4.15. The molecule has 0 N–H and O–H groups in total. The Bertz CT molecular complexity index is 1270. The number of nitrogens with zero attached hydrogens (tertiary/aromatic N) is 2. The average molecular weight is 494 g/mol. The first-order valence-electron chi connectivity index (χ1n) is 15.8. The summed E-state index contributed by atoms with van der Waals surface area (Å²) in [5.41, 5.74) is 0.182. The lowest BCUT2D eigenvalue weighted by Crippen LogP contribution is -2.32. The molecule has 0 fully saturated rings. The fraction of sp³-hybridized carbons (Fsp3) is 0.536. The Labute approximate surface area is 223 Å². The van der Waals surface area contributed by atoms with Crippen LogP contribution in [0, 0.1) is 17.2 Å². The molecule has 0 spiro atoms. The number of likely N-dealkylation sites (N-methyl/N-ethyl adjacent to an activating group) is 1. The number of methoxy groups -OCH3 is 5. The molecule has 1 atom stereocenters. The highest BCUT2D eigenvalue weighted by molar-refractivity contribution is 5.56. The standard InChI is InChI=1S/C28H40N2O5/c1-20(2)28(19-29,22-17-25(33-6)27(35-8)26(18-22)34-7)13-9-14-30(3)15-12-21-10-11-23(31-4)24(16-21)32-5/h10-11,16-18,20H,9,12-15H2,1-8H3/i3D3,4D3,5D3. The van der Waals surface area contributed by atoms with Gasteiger partial charge >= 0.3 is 0 Å². The number of nitriles is 1. The van der Waals surface area contributed by atoms with Crippen LogP contribution in [-0.2, 0) is 11.8 Å². The van der Waals surface area contributed by atoms with Crippen molar-refractivity contribution in [3.05, 3.63) is 41.5 Å². The van der Waals surface area contributed by atoms with Crippen molar-refractivity contribution in [2.75, 3.05) is 55.5 Å². The van der Waals surface area contributed by atoms with Gasteiger partial charge in [0.15, 0.2) is 23.0 Å². The number of rotatable bonds is 14. The van der Waals surface area contributed by atoms with Crippen molar-refractivity contribution in [3.63, 3.8) is 0 Å². The van der Waals surface area contributed by atoms with Gasteiger partial charge in [-0.3, -0.25) is 0 Å². The summed E-state index contributed by atoms with van der Waals surface area (Å²) in [5.74, 6) is 0.495. The molecule has 0 aliphatic heterocycles. The molecule has 2 rings (SSSR count). The van der Waals surface area contributed by atoms with E-state index >= 15 is 0 Å². The van der Waals surface area contributed by atoms with Gasteiger partial charge in [-0.2, -0.15) is 5.26 Å². The molecule has 0 aromatic heterocycles. The molecular weight excluding hydrogens is 444 g/mol. The highest BCUT2D eigenvalue weighted by Crippen LogP contribution is 2.45. The van der Waals surface area contributed by atoms with Crippen LogP contribution < -0.4 is 23.7 Å². The lowest BCUT2D eigenvalue weighted by molar-refractivity contribution is 0.290. The molecule has 0 heterocycles. The van der Waals surface area contributed by atoms with E-state index in [9.17, 15) is 5.26 Å². The van der Waals surface area contributed by atoms with Crippen LogP contribution in [0.25, 0.3) is 0 Å². The number of ether oxygens (including phenoxy) is 5. The number of benzene rings is 2. The second-order valence-corrected chi connectivity index (χ2v) is 8.48. The van der Waals surface area contributed by atoms with Crippen molar-refractivity contribution in [1.29, 1.82) is 5.26 Å². The van der Waals surface area contributed by atoms with Gasteiger partial charge in [0.25, 0.3) is 0 Å². The third-order valence-electron chi connectivity index (χ3n) is 6.26. The van der Waals surface area contributed by atoms with Gasteiger partial charge in [0.2, 0.25) is 5.75 Å². The maximum absolute atomic E-state index is 10.4. The van der Waals surface area contributed by atoms with E-state index in [-0.39, 0.29) is 36.9 Å². The van der Waals surface area contributed by atoms with Crippen LogP contribution in [0.5, 0.6) is 28.7 Å². The van der Waals surface area contributed by atoms with E-state index in [1.807, 2.05) is 13.8 Å². The maximum Gasteiger partial charge on any atom is 0.203 e. The lowest BCUT2D eigenvalue weighted by atomic mass is 9.69. The molecule has 7 nitrogen and oxygen atoms in total. The molecule has 2 aromatic carbocycles. The summed E-state index contributed by atoms with van der Waals surface area (Å²) < 4.78 is 94.7. The third kappa shape index (κ3) is 6.52. The molecule has 192 valence electrons. The summed E-state index contributed by atoms with van der Waals surface area (Å²) in [7, 11) is -1.22. The highest BCUT2D eigenvalue weighted by atomic mass is 16.5. The van der Waals surface area contributed by atoms with Gasteiger partial charge in [-0.1, -0.05) is 19.9 Å². The zero-order valence-corrected chi connectivity index (χ0v) is 20.9. The molecule has 1 unspecified atom stereocenters. The predicted molar refractivity (Wildman–Crippen MR) is 138 cm³/mol. The molecule has 0 aliphatic rings. The van der Waals surface area contributed by atoms with Crippen molar-refractivity contribution in [2.45, 2.75) is 38.5 Å². The first kappa shape index (κ1) is 17.3. The summed E-state index contributed by atoms with van der Waals surface area (Å²) in [6.45, 7) is 1.59. The molecule has 7 heteroatoms. The Morgan fingerprint density at radius 2 is 1.60 bits per heavy atom. The lowest BCUT2D eigenvalue weighted by Gasteiger charge is -2.33.